The molecule has 2 heterocycles. The third-order valence-corrected chi connectivity index (χ3v) is 4.82. The van der Waals surface area contributed by atoms with Crippen molar-refractivity contribution < 1.29 is 14.3 Å². The molecule has 1 unspecified atom stereocenters. The Balaban J connectivity index is 1.62. The zero-order valence-electron chi connectivity index (χ0n) is 12.0. The molecule has 0 saturated heterocycles. The van der Waals surface area contributed by atoms with Crippen LogP contribution in [0.2, 0.25) is 5.02 Å². The van der Waals surface area contributed by atoms with E-state index in [-0.39, 0.29) is 12.5 Å². The molecule has 0 bridgehead atoms. The number of aliphatic hydroxyl groups excluding tert-OH is 1. The topological polar surface area (TPSA) is 62.5 Å². The molecule has 4 nitrogen and oxygen atoms in total. The molecule has 3 aromatic rings. The molecule has 0 aliphatic carbocycles. The van der Waals surface area contributed by atoms with E-state index in [9.17, 15) is 9.90 Å². The zero-order chi connectivity index (χ0) is 16.2. The number of aliphatic hydroxyl groups is 1. The normalized spacial score (nSPS) is 12.1. The number of rotatable bonds is 5. The lowest BCUT2D eigenvalue weighted by atomic mass is 10.2. The van der Waals surface area contributed by atoms with E-state index in [1.54, 1.807) is 30.5 Å². The molecule has 6 heteroatoms. The predicted octanol–water partition coefficient (Wildman–Crippen LogP) is 4.12. The molecule has 1 amide bonds. The van der Waals surface area contributed by atoms with Crippen LogP contribution in [0.25, 0.3) is 10.6 Å². The first-order valence-electron chi connectivity index (χ1n) is 6.99. The van der Waals surface area contributed by atoms with E-state index in [1.807, 2.05) is 24.3 Å². The van der Waals surface area contributed by atoms with Crippen molar-refractivity contribution in [1.82, 2.24) is 5.32 Å². The molecule has 3 rings (SSSR count). The number of carbonyl (C=O) groups is 1. The highest BCUT2D eigenvalue weighted by molar-refractivity contribution is 7.15. The van der Waals surface area contributed by atoms with Gasteiger partial charge >= 0.3 is 0 Å². The summed E-state index contributed by atoms with van der Waals surface area (Å²) in [4.78, 5) is 13.8. The second-order valence-corrected chi connectivity index (χ2v) is 6.41. The highest BCUT2D eigenvalue weighted by atomic mass is 35.5. The van der Waals surface area contributed by atoms with Gasteiger partial charge in [-0.05, 0) is 36.4 Å². The molecule has 2 N–H and O–H groups in total. The summed E-state index contributed by atoms with van der Waals surface area (Å²) >= 11 is 7.41. The fourth-order valence-corrected chi connectivity index (χ4v) is 3.30. The molecule has 23 heavy (non-hydrogen) atoms. The maximum Gasteiger partial charge on any atom is 0.252 e. The van der Waals surface area contributed by atoms with Gasteiger partial charge in [0.1, 0.15) is 11.9 Å². The Bertz CT molecular complexity index is 798. The largest absolute Gasteiger partial charge is 0.464 e. The molecule has 118 valence electrons. The molecule has 0 fully saturated rings. The average molecular weight is 348 g/mol. The van der Waals surface area contributed by atoms with Crippen LogP contribution in [0.4, 0.5) is 0 Å². The van der Waals surface area contributed by atoms with Crippen LogP contribution >= 0.6 is 22.9 Å². The quantitative estimate of drug-likeness (QED) is 0.729. The minimum atomic E-state index is -0.782. The van der Waals surface area contributed by atoms with Crippen molar-refractivity contribution in [2.24, 2.45) is 0 Å². The summed E-state index contributed by atoms with van der Waals surface area (Å²) in [6, 6.07) is 14.2. The number of hydrogen-bond donors (Lipinski definition) is 2. The monoisotopic (exact) mass is 347 g/mol. The molecule has 1 aromatic carbocycles. The second-order valence-electron chi connectivity index (χ2n) is 4.88. The van der Waals surface area contributed by atoms with Crippen molar-refractivity contribution in [1.29, 1.82) is 0 Å². The molecule has 2 aromatic heterocycles. The standard InChI is InChI=1S/C17H14ClNO3S/c18-12-5-2-1-4-11(12)17(21)19-10-13(20)15-7-8-16(23-15)14-6-3-9-22-14/h1-9,13,20H,10H2,(H,19,21). The van der Waals surface area contributed by atoms with Crippen molar-refractivity contribution in [3.05, 3.63) is 70.3 Å². The minimum absolute atomic E-state index is 0.113. The van der Waals surface area contributed by atoms with E-state index in [0.29, 0.717) is 10.6 Å². The van der Waals surface area contributed by atoms with Gasteiger partial charge < -0.3 is 14.8 Å². The van der Waals surface area contributed by atoms with Crippen LogP contribution in [-0.4, -0.2) is 17.6 Å². The van der Waals surface area contributed by atoms with E-state index in [2.05, 4.69) is 5.32 Å². The maximum absolute atomic E-state index is 12.1. The van der Waals surface area contributed by atoms with E-state index >= 15 is 0 Å². The van der Waals surface area contributed by atoms with E-state index in [0.717, 1.165) is 15.5 Å². The van der Waals surface area contributed by atoms with Crippen LogP contribution in [0.5, 0.6) is 0 Å². The van der Waals surface area contributed by atoms with Crippen molar-refractivity contribution in [2.75, 3.05) is 6.54 Å². The molecule has 0 aliphatic rings. The van der Waals surface area contributed by atoms with Crippen molar-refractivity contribution >= 4 is 28.8 Å². The van der Waals surface area contributed by atoms with Gasteiger partial charge in [0.2, 0.25) is 0 Å². The number of carbonyl (C=O) groups excluding carboxylic acids is 1. The van der Waals surface area contributed by atoms with Crippen LogP contribution in [0, 0.1) is 0 Å². The summed E-state index contributed by atoms with van der Waals surface area (Å²) in [6.45, 7) is 0.113. The number of amides is 1. The minimum Gasteiger partial charge on any atom is -0.464 e. The van der Waals surface area contributed by atoms with Crippen LogP contribution < -0.4 is 5.32 Å². The summed E-state index contributed by atoms with van der Waals surface area (Å²) in [5, 5.41) is 13.3. The SMILES string of the molecule is O=C(NCC(O)c1ccc(-c2ccco2)s1)c1ccccc1Cl. The number of thiophene rings is 1. The Kier molecular flexibility index (Phi) is 4.81. The Morgan fingerprint density at radius 3 is 2.78 bits per heavy atom. The van der Waals surface area contributed by atoms with E-state index < -0.39 is 6.10 Å². The number of halogens is 1. The van der Waals surface area contributed by atoms with Gasteiger partial charge in [-0.25, -0.2) is 0 Å². The van der Waals surface area contributed by atoms with Crippen LogP contribution in [-0.2, 0) is 0 Å². The van der Waals surface area contributed by atoms with Crippen molar-refractivity contribution in [3.8, 4) is 10.6 Å². The Hall–Kier alpha value is -2.08. The van der Waals surface area contributed by atoms with Gasteiger partial charge in [-0.2, -0.15) is 0 Å². The lowest BCUT2D eigenvalue weighted by Gasteiger charge is -2.11. The van der Waals surface area contributed by atoms with Crippen LogP contribution in [0.1, 0.15) is 21.3 Å². The fraction of sp³-hybridized carbons (Fsp3) is 0.118. The van der Waals surface area contributed by atoms with Gasteiger partial charge in [0.05, 0.1) is 21.7 Å². The molecule has 1 atom stereocenters. The number of hydrogen-bond acceptors (Lipinski definition) is 4. The summed E-state index contributed by atoms with van der Waals surface area (Å²) in [7, 11) is 0. The molecular formula is C17H14ClNO3S. The Labute approximate surface area is 142 Å². The Morgan fingerprint density at radius 2 is 2.04 bits per heavy atom. The second kappa shape index (κ2) is 7.00. The van der Waals surface area contributed by atoms with Crippen LogP contribution in [0.15, 0.2) is 59.2 Å². The molecular weight excluding hydrogens is 334 g/mol. The molecule has 0 radical (unpaired) electrons. The predicted molar refractivity (Wildman–Crippen MR) is 90.8 cm³/mol. The summed E-state index contributed by atoms with van der Waals surface area (Å²) in [6.07, 6.45) is 0.824. The third kappa shape index (κ3) is 3.64. The summed E-state index contributed by atoms with van der Waals surface area (Å²) < 4.78 is 5.33. The van der Waals surface area contributed by atoms with Gasteiger partial charge in [-0.15, -0.1) is 11.3 Å². The van der Waals surface area contributed by atoms with Gasteiger partial charge in [0, 0.05) is 11.4 Å². The van der Waals surface area contributed by atoms with E-state index in [4.69, 9.17) is 16.0 Å². The fourth-order valence-electron chi connectivity index (χ4n) is 2.11. The molecule has 0 saturated carbocycles. The molecule has 0 spiro atoms. The first-order valence-corrected chi connectivity index (χ1v) is 8.19. The van der Waals surface area contributed by atoms with Gasteiger partial charge in [-0.1, -0.05) is 23.7 Å². The first kappa shape index (κ1) is 15.8. The van der Waals surface area contributed by atoms with Gasteiger partial charge in [0.15, 0.2) is 0 Å². The Morgan fingerprint density at radius 1 is 1.22 bits per heavy atom. The lowest BCUT2D eigenvalue weighted by Crippen LogP contribution is -2.28. The van der Waals surface area contributed by atoms with Gasteiger partial charge in [-0.3, -0.25) is 4.79 Å². The van der Waals surface area contributed by atoms with Gasteiger partial charge in [0.25, 0.3) is 5.91 Å². The summed E-state index contributed by atoms with van der Waals surface area (Å²) in [5.74, 6) is 0.450. The number of furan rings is 1. The summed E-state index contributed by atoms with van der Waals surface area (Å²) in [5.41, 5.74) is 0.392. The van der Waals surface area contributed by atoms with E-state index in [1.165, 1.54) is 11.3 Å². The highest BCUT2D eigenvalue weighted by Gasteiger charge is 2.15. The third-order valence-electron chi connectivity index (χ3n) is 3.29. The first-order chi connectivity index (χ1) is 11.1. The lowest BCUT2D eigenvalue weighted by molar-refractivity contribution is 0.0918. The average Bonchev–Trinajstić information content (AvgIpc) is 3.23. The van der Waals surface area contributed by atoms with Crippen molar-refractivity contribution in [2.45, 2.75) is 6.10 Å². The van der Waals surface area contributed by atoms with Crippen LogP contribution in [0.3, 0.4) is 0 Å². The molecule has 0 aliphatic heterocycles. The smallest absolute Gasteiger partial charge is 0.252 e. The number of nitrogens with one attached hydrogen (secondary N) is 1. The highest BCUT2D eigenvalue weighted by Crippen LogP contribution is 2.31. The van der Waals surface area contributed by atoms with Crippen molar-refractivity contribution in [3.63, 3.8) is 0 Å². The number of benzene rings is 1. The zero-order valence-corrected chi connectivity index (χ0v) is 13.6. The maximum atomic E-state index is 12.1.